The molecule has 1 heterocycles. The second kappa shape index (κ2) is 4.27. The lowest BCUT2D eigenvalue weighted by atomic mass is 10.4. The Balaban J connectivity index is 2.63. The Hall–Kier alpha value is -0.613. The van der Waals surface area contributed by atoms with Gasteiger partial charge in [0.2, 0.25) is 0 Å². The van der Waals surface area contributed by atoms with Crippen LogP contribution in [0.25, 0.3) is 0 Å². The zero-order chi connectivity index (χ0) is 10.8. The third-order valence-electron chi connectivity index (χ3n) is 1.79. The van der Waals surface area contributed by atoms with Gasteiger partial charge in [0.25, 0.3) is 5.91 Å². The molecule has 0 aromatic carbocycles. The summed E-state index contributed by atoms with van der Waals surface area (Å²) < 4.78 is 0. The topological polar surface area (TPSA) is 20.3 Å². The molecule has 0 fully saturated rings. The molecule has 0 unspecified atom stereocenters. The third kappa shape index (κ3) is 3.27. The largest absolute Gasteiger partial charge is 0.344 e. The van der Waals surface area contributed by atoms with Crippen LogP contribution in [0.15, 0.2) is 17.5 Å². The van der Waals surface area contributed by atoms with Crippen LogP contribution < -0.4 is 0 Å². The van der Waals surface area contributed by atoms with Crippen molar-refractivity contribution in [2.75, 3.05) is 13.2 Å². The summed E-state index contributed by atoms with van der Waals surface area (Å²) in [4.78, 5) is 14.5. The van der Waals surface area contributed by atoms with Gasteiger partial charge in [-0.3, -0.25) is 4.79 Å². The van der Waals surface area contributed by atoms with Crippen molar-refractivity contribution in [3.05, 3.63) is 22.4 Å². The molecule has 0 radical (unpaired) electrons. The molecule has 0 N–H and O–H groups in total. The second-order valence-corrected chi connectivity index (χ2v) is 11.1. The van der Waals surface area contributed by atoms with Crippen LogP contribution in [0.2, 0.25) is 19.6 Å². The summed E-state index contributed by atoms with van der Waals surface area (Å²) >= 11 is 1.51. The van der Waals surface area contributed by atoms with Gasteiger partial charge in [-0.05, 0) is 11.4 Å². The Morgan fingerprint density at radius 2 is 2.14 bits per heavy atom. The maximum atomic E-state index is 11.8. The van der Waals surface area contributed by atoms with Crippen molar-refractivity contribution >= 4 is 25.3 Å². The number of thiophene rings is 1. The van der Waals surface area contributed by atoms with Gasteiger partial charge < -0.3 is 4.90 Å². The fraction of sp³-hybridized carbons (Fsp3) is 0.500. The lowest BCUT2D eigenvalue weighted by Crippen LogP contribution is -2.40. The molecule has 4 heteroatoms. The van der Waals surface area contributed by atoms with Crippen LogP contribution in [-0.2, 0) is 0 Å². The zero-order valence-electron chi connectivity index (χ0n) is 9.20. The maximum absolute atomic E-state index is 11.8. The molecule has 0 spiro atoms. The summed E-state index contributed by atoms with van der Waals surface area (Å²) in [6.45, 7) is 6.81. The first-order chi connectivity index (χ1) is 6.40. The number of nitrogens with zero attached hydrogens (tertiary/aromatic N) is 1. The molecule has 14 heavy (non-hydrogen) atoms. The maximum Gasteiger partial charge on any atom is 0.263 e. The van der Waals surface area contributed by atoms with Gasteiger partial charge in [-0.2, -0.15) is 0 Å². The standard InChI is InChI=1S/C10H17NOSSi/c1-11(8-14(2,3)4)10(12)9-6-5-7-13-9/h5-7H,8H2,1-4H3. The molecule has 2 nitrogen and oxygen atoms in total. The summed E-state index contributed by atoms with van der Waals surface area (Å²) in [5, 5.41) is 1.94. The van der Waals surface area contributed by atoms with Crippen LogP contribution >= 0.6 is 11.3 Å². The second-order valence-electron chi connectivity index (χ2n) is 4.70. The molecule has 0 saturated carbocycles. The van der Waals surface area contributed by atoms with Gasteiger partial charge in [-0.1, -0.05) is 25.7 Å². The molecule has 1 aromatic heterocycles. The molecule has 78 valence electrons. The molecule has 0 atom stereocenters. The summed E-state index contributed by atoms with van der Waals surface area (Å²) in [6.07, 6.45) is 0.920. The normalized spacial score (nSPS) is 11.4. The van der Waals surface area contributed by atoms with E-state index in [9.17, 15) is 4.79 Å². The quantitative estimate of drug-likeness (QED) is 0.727. The van der Waals surface area contributed by atoms with Gasteiger partial charge >= 0.3 is 0 Å². The molecule has 0 bridgehead atoms. The number of rotatable bonds is 3. The average molecular weight is 227 g/mol. The van der Waals surface area contributed by atoms with Gasteiger partial charge in [0, 0.05) is 13.2 Å². The molecular weight excluding hydrogens is 210 g/mol. The van der Waals surface area contributed by atoms with Gasteiger partial charge in [0.1, 0.15) is 0 Å². The minimum Gasteiger partial charge on any atom is -0.344 e. The van der Waals surface area contributed by atoms with E-state index < -0.39 is 8.07 Å². The molecule has 1 amide bonds. The molecule has 1 aromatic rings. The monoisotopic (exact) mass is 227 g/mol. The number of carbonyl (C=O) groups is 1. The highest BCUT2D eigenvalue weighted by atomic mass is 32.1. The summed E-state index contributed by atoms with van der Waals surface area (Å²) in [5.41, 5.74) is 0. The fourth-order valence-corrected chi connectivity index (χ4v) is 3.66. The fourth-order valence-electron chi connectivity index (χ4n) is 1.37. The van der Waals surface area contributed by atoms with E-state index in [0.717, 1.165) is 11.0 Å². The lowest BCUT2D eigenvalue weighted by Gasteiger charge is -2.24. The van der Waals surface area contributed by atoms with Crippen LogP contribution in [0.5, 0.6) is 0 Å². The minimum atomic E-state index is -1.19. The first-order valence-electron chi connectivity index (χ1n) is 4.69. The minimum absolute atomic E-state index is 0.155. The van der Waals surface area contributed by atoms with E-state index in [1.807, 2.05) is 29.5 Å². The third-order valence-corrected chi connectivity index (χ3v) is 4.07. The van der Waals surface area contributed by atoms with E-state index in [2.05, 4.69) is 19.6 Å². The van der Waals surface area contributed by atoms with Crippen molar-refractivity contribution in [3.63, 3.8) is 0 Å². The predicted octanol–water partition coefficient (Wildman–Crippen LogP) is 2.70. The summed E-state index contributed by atoms with van der Waals surface area (Å²) in [5.74, 6) is 0.155. The highest BCUT2D eigenvalue weighted by molar-refractivity contribution is 7.12. The van der Waals surface area contributed by atoms with Crippen LogP contribution in [0.4, 0.5) is 0 Å². The van der Waals surface area contributed by atoms with E-state index in [0.29, 0.717) is 0 Å². The first kappa shape index (κ1) is 11.5. The van der Waals surface area contributed by atoms with Crippen molar-refractivity contribution in [3.8, 4) is 0 Å². The Kier molecular flexibility index (Phi) is 3.50. The van der Waals surface area contributed by atoms with Gasteiger partial charge in [0.15, 0.2) is 0 Å². The first-order valence-corrected chi connectivity index (χ1v) is 9.28. The highest BCUT2D eigenvalue weighted by Gasteiger charge is 2.20. The van der Waals surface area contributed by atoms with Crippen molar-refractivity contribution in [1.29, 1.82) is 0 Å². The van der Waals surface area contributed by atoms with Crippen molar-refractivity contribution < 1.29 is 4.79 Å². The zero-order valence-corrected chi connectivity index (χ0v) is 11.0. The lowest BCUT2D eigenvalue weighted by molar-refractivity contribution is 0.0820. The predicted molar refractivity (Wildman–Crippen MR) is 64.6 cm³/mol. The Bertz CT molecular complexity index is 302. The SMILES string of the molecule is CN(C[Si](C)(C)C)C(=O)c1cccs1. The van der Waals surface area contributed by atoms with Crippen LogP contribution in [0.1, 0.15) is 9.67 Å². The van der Waals surface area contributed by atoms with Crippen LogP contribution in [-0.4, -0.2) is 32.1 Å². The number of hydrogen-bond donors (Lipinski definition) is 0. The van der Waals surface area contributed by atoms with E-state index in [4.69, 9.17) is 0 Å². The molecule has 0 saturated heterocycles. The van der Waals surface area contributed by atoms with E-state index >= 15 is 0 Å². The van der Waals surface area contributed by atoms with Crippen LogP contribution in [0, 0.1) is 0 Å². The molecule has 0 aliphatic rings. The summed E-state index contributed by atoms with van der Waals surface area (Å²) in [6, 6.07) is 3.80. The van der Waals surface area contributed by atoms with Crippen molar-refractivity contribution in [2.24, 2.45) is 0 Å². The number of carbonyl (C=O) groups excluding carboxylic acids is 1. The Labute approximate surface area is 90.6 Å². The Morgan fingerprint density at radius 1 is 1.50 bits per heavy atom. The molecule has 0 aliphatic heterocycles. The van der Waals surface area contributed by atoms with Gasteiger partial charge in [0.05, 0.1) is 13.0 Å². The van der Waals surface area contributed by atoms with Gasteiger partial charge in [-0.25, -0.2) is 0 Å². The van der Waals surface area contributed by atoms with Crippen molar-refractivity contribution in [2.45, 2.75) is 19.6 Å². The molecule has 1 rings (SSSR count). The van der Waals surface area contributed by atoms with Crippen LogP contribution in [0.3, 0.4) is 0 Å². The highest BCUT2D eigenvalue weighted by Crippen LogP contribution is 2.12. The van der Waals surface area contributed by atoms with Gasteiger partial charge in [-0.15, -0.1) is 11.3 Å². The van der Waals surface area contributed by atoms with E-state index in [-0.39, 0.29) is 5.91 Å². The smallest absolute Gasteiger partial charge is 0.263 e. The summed E-state index contributed by atoms with van der Waals surface area (Å²) in [7, 11) is 0.703. The Morgan fingerprint density at radius 3 is 2.57 bits per heavy atom. The average Bonchev–Trinajstić information content (AvgIpc) is 2.51. The van der Waals surface area contributed by atoms with E-state index in [1.54, 1.807) is 0 Å². The molecular formula is C10H17NOSSi. The number of amides is 1. The molecule has 0 aliphatic carbocycles. The van der Waals surface area contributed by atoms with Crippen molar-refractivity contribution in [1.82, 2.24) is 4.90 Å². The number of hydrogen-bond acceptors (Lipinski definition) is 2. The van der Waals surface area contributed by atoms with E-state index in [1.165, 1.54) is 11.3 Å².